The molecule has 4 rings (SSSR count). The lowest BCUT2D eigenvalue weighted by Gasteiger charge is -2.58. The molecular formula is C31H40O9. The van der Waals surface area contributed by atoms with Crippen LogP contribution in [0.5, 0.6) is 5.75 Å². The first kappa shape index (κ1) is 29.9. The van der Waals surface area contributed by atoms with Gasteiger partial charge in [0.05, 0.1) is 24.7 Å². The summed E-state index contributed by atoms with van der Waals surface area (Å²) < 4.78 is 5.27. The Bertz CT molecular complexity index is 1320. The fraction of sp³-hybridized carbons (Fsp3) is 0.613. The van der Waals surface area contributed by atoms with E-state index >= 15 is 0 Å². The zero-order chi connectivity index (χ0) is 29.9. The average Bonchev–Trinajstić information content (AvgIpc) is 2.82. The molecule has 9 nitrogen and oxygen atoms in total. The average molecular weight is 557 g/mol. The summed E-state index contributed by atoms with van der Waals surface area (Å²) in [6.45, 7) is 10.6. The summed E-state index contributed by atoms with van der Waals surface area (Å²) in [5, 5.41) is 45.5. The van der Waals surface area contributed by atoms with Crippen LogP contribution in [0.1, 0.15) is 95.4 Å². The second-order valence-electron chi connectivity index (χ2n) is 12.7. The van der Waals surface area contributed by atoms with Crippen molar-refractivity contribution in [1.82, 2.24) is 0 Å². The quantitative estimate of drug-likeness (QED) is 0.224. The lowest BCUT2D eigenvalue weighted by Crippen LogP contribution is -2.71. The molecule has 40 heavy (non-hydrogen) atoms. The van der Waals surface area contributed by atoms with Gasteiger partial charge in [-0.25, -0.2) is 0 Å². The van der Waals surface area contributed by atoms with E-state index in [0.717, 1.165) is 18.9 Å². The van der Waals surface area contributed by atoms with Crippen LogP contribution in [-0.2, 0) is 36.8 Å². The van der Waals surface area contributed by atoms with E-state index in [0.29, 0.717) is 12.0 Å². The van der Waals surface area contributed by atoms with Crippen molar-refractivity contribution in [2.24, 2.45) is 16.7 Å². The maximum absolute atomic E-state index is 14.1. The minimum Gasteiger partial charge on any atom is -0.507 e. The number of fused-ring (bicyclic) bond motifs is 3. The first-order valence-corrected chi connectivity index (χ1v) is 14.0. The Morgan fingerprint density at radius 3 is 2.40 bits per heavy atom. The summed E-state index contributed by atoms with van der Waals surface area (Å²) in [6, 6.07) is 1.73. The molecule has 2 saturated carbocycles. The van der Waals surface area contributed by atoms with E-state index in [4.69, 9.17) is 4.74 Å². The van der Waals surface area contributed by atoms with Gasteiger partial charge in [-0.3, -0.25) is 19.2 Å². The smallest absolute Gasteiger partial charge is 0.310 e. The minimum atomic E-state index is -2.64. The number of rotatable bonds is 7. The van der Waals surface area contributed by atoms with Crippen molar-refractivity contribution in [2.45, 2.75) is 97.7 Å². The highest BCUT2D eigenvalue weighted by Crippen LogP contribution is 2.62. The van der Waals surface area contributed by atoms with Crippen molar-refractivity contribution in [1.29, 1.82) is 0 Å². The van der Waals surface area contributed by atoms with Crippen LogP contribution in [0, 0.1) is 16.7 Å². The summed E-state index contributed by atoms with van der Waals surface area (Å²) in [7, 11) is 0. The number of hydrogen-bond donors (Lipinski definition) is 4. The first-order valence-electron chi connectivity index (χ1n) is 14.0. The highest BCUT2D eigenvalue weighted by atomic mass is 16.5. The number of ether oxygens (including phenoxy) is 1. The van der Waals surface area contributed by atoms with Gasteiger partial charge in [0.15, 0.2) is 11.4 Å². The largest absolute Gasteiger partial charge is 0.507 e. The molecule has 0 radical (unpaired) electrons. The molecule has 5 atom stereocenters. The molecule has 5 unspecified atom stereocenters. The van der Waals surface area contributed by atoms with E-state index in [1.54, 1.807) is 19.9 Å². The number of aliphatic hydroxyl groups is 3. The normalized spacial score (nSPS) is 31.5. The molecule has 1 aromatic rings. The van der Waals surface area contributed by atoms with E-state index in [2.05, 4.69) is 0 Å². The fourth-order valence-corrected chi connectivity index (χ4v) is 7.35. The molecular weight excluding hydrogens is 516 g/mol. The molecule has 9 heteroatoms. The molecule has 0 aromatic heterocycles. The van der Waals surface area contributed by atoms with Gasteiger partial charge in [0.2, 0.25) is 5.78 Å². The van der Waals surface area contributed by atoms with Crippen molar-refractivity contribution in [3.8, 4) is 5.75 Å². The number of aliphatic hydroxyl groups excluding tert-OH is 2. The molecule has 1 aromatic carbocycles. The van der Waals surface area contributed by atoms with Crippen LogP contribution in [0.25, 0.3) is 5.76 Å². The Morgan fingerprint density at radius 1 is 1.18 bits per heavy atom. The van der Waals surface area contributed by atoms with Crippen molar-refractivity contribution in [2.75, 3.05) is 6.61 Å². The van der Waals surface area contributed by atoms with E-state index in [9.17, 15) is 39.6 Å². The molecule has 0 heterocycles. The van der Waals surface area contributed by atoms with Gasteiger partial charge in [0.1, 0.15) is 23.2 Å². The topological polar surface area (TPSA) is 158 Å². The predicted octanol–water partition coefficient (Wildman–Crippen LogP) is 3.48. The van der Waals surface area contributed by atoms with Gasteiger partial charge in [-0.05, 0) is 49.7 Å². The summed E-state index contributed by atoms with van der Waals surface area (Å²) in [5.41, 5.74) is -3.64. The summed E-state index contributed by atoms with van der Waals surface area (Å²) >= 11 is 0. The van der Waals surface area contributed by atoms with Crippen molar-refractivity contribution in [3.05, 3.63) is 33.9 Å². The number of carbonyl (C=O) groups is 4. The van der Waals surface area contributed by atoms with Crippen LogP contribution in [0.2, 0.25) is 0 Å². The highest BCUT2D eigenvalue weighted by Gasteiger charge is 2.71. The van der Waals surface area contributed by atoms with Crippen LogP contribution in [-0.4, -0.2) is 62.1 Å². The number of aromatic hydroxyl groups is 1. The maximum atomic E-state index is 14.1. The SMILES string of the molecule is CCCCOC(=O)Cc1cc(C(C)C)c2c(c1O)C(O)=C1C(=O)C3(O)C(=O)C(C(C)=O)C(O)CC3(C)CC1(C)C2. The number of benzene rings is 1. The van der Waals surface area contributed by atoms with Gasteiger partial charge in [-0.1, -0.05) is 47.1 Å². The second kappa shape index (κ2) is 10.1. The fourth-order valence-electron chi connectivity index (χ4n) is 7.35. The molecule has 218 valence electrons. The Hall–Kier alpha value is -3.04. The number of phenols is 1. The number of Topliss-reactive ketones (excluding diaryl/α,β-unsaturated/α-hetero) is 3. The third kappa shape index (κ3) is 4.29. The van der Waals surface area contributed by atoms with Crippen LogP contribution in [0.4, 0.5) is 0 Å². The summed E-state index contributed by atoms with van der Waals surface area (Å²) in [4.78, 5) is 52.4. The van der Waals surface area contributed by atoms with E-state index in [-0.39, 0.29) is 60.7 Å². The Kier molecular flexibility index (Phi) is 7.56. The van der Waals surface area contributed by atoms with Crippen LogP contribution in [0.3, 0.4) is 0 Å². The third-order valence-electron chi connectivity index (χ3n) is 9.21. The standard InChI is InChI=1S/C31H40O9/c1-7-8-9-40-21(34)11-17-10-18(15(2)3)19-12-29(5)14-30(6)13-20(33)22(16(4)32)27(37)31(30,39)28(38)24(29)26(36)23(19)25(17)35/h10,15,20,22,33,35-36,39H,7-9,11-14H2,1-6H3. The molecule has 0 amide bonds. The Labute approximate surface area is 234 Å². The Balaban J connectivity index is 1.90. The number of esters is 1. The predicted molar refractivity (Wildman–Crippen MR) is 146 cm³/mol. The molecule has 3 aliphatic carbocycles. The monoisotopic (exact) mass is 556 g/mol. The summed E-state index contributed by atoms with van der Waals surface area (Å²) in [5.74, 6) is -5.83. The van der Waals surface area contributed by atoms with Gasteiger partial charge >= 0.3 is 5.97 Å². The van der Waals surface area contributed by atoms with Gasteiger partial charge in [-0.2, -0.15) is 0 Å². The molecule has 2 fully saturated rings. The van der Waals surface area contributed by atoms with Gasteiger partial charge in [-0.15, -0.1) is 0 Å². The molecule has 0 saturated heterocycles. The molecule has 3 aliphatic rings. The lowest BCUT2D eigenvalue weighted by molar-refractivity contribution is -0.192. The van der Waals surface area contributed by atoms with Crippen LogP contribution >= 0.6 is 0 Å². The van der Waals surface area contributed by atoms with E-state index < -0.39 is 57.5 Å². The lowest BCUT2D eigenvalue weighted by atomic mass is 9.45. The number of hydrogen-bond acceptors (Lipinski definition) is 9. The molecule has 4 N–H and O–H groups in total. The number of unbranched alkanes of at least 4 members (excludes halogenated alkanes) is 1. The van der Waals surface area contributed by atoms with Gasteiger partial charge in [0.25, 0.3) is 0 Å². The molecule has 0 aliphatic heterocycles. The summed E-state index contributed by atoms with van der Waals surface area (Å²) in [6.07, 6.45) is 0.0903. The molecule has 0 bridgehead atoms. The van der Waals surface area contributed by atoms with Gasteiger partial charge < -0.3 is 25.2 Å². The number of phenolic OH excluding ortho intramolecular Hbond substituents is 1. The highest BCUT2D eigenvalue weighted by molar-refractivity contribution is 6.25. The van der Waals surface area contributed by atoms with Crippen LogP contribution in [0.15, 0.2) is 11.6 Å². The zero-order valence-electron chi connectivity index (χ0n) is 24.1. The Morgan fingerprint density at radius 2 is 1.82 bits per heavy atom. The number of ketones is 3. The minimum absolute atomic E-state index is 0.00185. The molecule has 0 spiro atoms. The van der Waals surface area contributed by atoms with Gasteiger partial charge in [0, 0.05) is 22.0 Å². The first-order chi connectivity index (χ1) is 18.5. The van der Waals surface area contributed by atoms with E-state index in [1.165, 1.54) is 0 Å². The van der Waals surface area contributed by atoms with Crippen molar-refractivity contribution < 1.29 is 44.3 Å². The third-order valence-corrected chi connectivity index (χ3v) is 9.21. The van der Waals surface area contributed by atoms with E-state index in [1.807, 2.05) is 20.8 Å². The number of carbonyl (C=O) groups excluding carboxylic acids is 4. The van der Waals surface area contributed by atoms with Crippen molar-refractivity contribution in [3.63, 3.8) is 0 Å². The van der Waals surface area contributed by atoms with Crippen LogP contribution < -0.4 is 0 Å². The maximum Gasteiger partial charge on any atom is 0.310 e. The zero-order valence-corrected chi connectivity index (χ0v) is 24.1. The van der Waals surface area contributed by atoms with Crippen molar-refractivity contribution >= 4 is 29.1 Å². The second-order valence-corrected chi connectivity index (χ2v) is 12.7.